The van der Waals surface area contributed by atoms with Crippen LogP contribution in [0, 0.1) is 10.1 Å². The number of likely N-dealkylation sites (N-methyl/N-ethyl adjacent to an activating group) is 1. The quantitative estimate of drug-likeness (QED) is 0.314. The molecule has 7 nitrogen and oxygen atoms in total. The molecule has 1 aromatic rings. The Bertz CT molecular complexity index is 477. The molecule has 0 fully saturated rings. The average molecular weight is 282 g/mol. The third-order valence-electron chi connectivity index (χ3n) is 2.72. The smallest absolute Gasteiger partial charge is 0.433 e. The molecule has 0 N–H and O–H groups in total. The van der Waals surface area contributed by atoms with E-state index in [1.165, 1.54) is 24.3 Å². The van der Waals surface area contributed by atoms with E-state index < -0.39 is 10.9 Å². The van der Waals surface area contributed by atoms with Crippen molar-refractivity contribution < 1.29 is 18.9 Å². The number of rotatable bonds is 8. The van der Waals surface area contributed by atoms with Gasteiger partial charge in [-0.15, -0.1) is 0 Å². The Kier molecular flexibility index (Phi) is 6.45. The maximum Gasteiger partial charge on any atom is 0.433 e. The molecule has 0 aliphatic carbocycles. The number of furan rings is 1. The van der Waals surface area contributed by atoms with Crippen molar-refractivity contribution in [1.29, 1.82) is 0 Å². The van der Waals surface area contributed by atoms with Gasteiger partial charge in [-0.1, -0.05) is 13.8 Å². The van der Waals surface area contributed by atoms with Gasteiger partial charge in [0.15, 0.2) is 0 Å². The molecule has 0 atom stereocenters. The molecule has 0 aromatic carbocycles. The summed E-state index contributed by atoms with van der Waals surface area (Å²) in [6.07, 6.45) is 2.53. The number of nitrogens with zero attached hydrogens (tertiary/aromatic N) is 2. The summed E-state index contributed by atoms with van der Waals surface area (Å²) in [5, 5.41) is 10.4. The van der Waals surface area contributed by atoms with Crippen LogP contribution in [0.2, 0.25) is 0 Å². The zero-order chi connectivity index (χ0) is 15.0. The second-order valence-electron chi connectivity index (χ2n) is 3.96. The summed E-state index contributed by atoms with van der Waals surface area (Å²) in [4.78, 5) is 23.3. The van der Waals surface area contributed by atoms with Gasteiger partial charge in [0, 0.05) is 12.6 Å². The Balaban J connectivity index is 2.37. The van der Waals surface area contributed by atoms with Gasteiger partial charge in [0.05, 0.1) is 6.07 Å². The fourth-order valence-corrected chi connectivity index (χ4v) is 1.54. The van der Waals surface area contributed by atoms with Crippen LogP contribution >= 0.6 is 0 Å². The molecule has 1 rings (SSSR count). The summed E-state index contributed by atoms with van der Waals surface area (Å²) in [6, 6.07) is 2.64. The number of hydrogen-bond acceptors (Lipinski definition) is 6. The van der Waals surface area contributed by atoms with Gasteiger partial charge in [-0.25, -0.2) is 4.79 Å². The first-order chi connectivity index (χ1) is 9.56. The number of carbonyl (C=O) groups excluding carboxylic acids is 1. The third-order valence-corrected chi connectivity index (χ3v) is 2.72. The Morgan fingerprint density at radius 2 is 2.15 bits per heavy atom. The van der Waals surface area contributed by atoms with E-state index in [9.17, 15) is 14.9 Å². The van der Waals surface area contributed by atoms with Crippen molar-refractivity contribution >= 4 is 17.9 Å². The summed E-state index contributed by atoms with van der Waals surface area (Å²) in [5.74, 6) is -0.631. The highest BCUT2D eigenvalue weighted by molar-refractivity contribution is 5.86. The minimum atomic E-state index is -0.639. The number of hydrogen-bond donors (Lipinski definition) is 0. The number of nitro groups is 1. The van der Waals surface area contributed by atoms with Crippen LogP contribution < -0.4 is 0 Å². The Morgan fingerprint density at radius 3 is 2.70 bits per heavy atom. The van der Waals surface area contributed by atoms with Crippen LogP contribution in [-0.4, -0.2) is 42.0 Å². The maximum absolute atomic E-state index is 11.4. The second kappa shape index (κ2) is 8.11. The number of esters is 1. The number of ether oxygens (including phenoxy) is 1. The zero-order valence-electron chi connectivity index (χ0n) is 11.6. The van der Waals surface area contributed by atoms with E-state index in [0.717, 1.165) is 13.1 Å². The highest BCUT2D eigenvalue weighted by Crippen LogP contribution is 2.16. The van der Waals surface area contributed by atoms with Gasteiger partial charge in [0.2, 0.25) is 0 Å². The molecule has 0 amide bonds. The minimum Gasteiger partial charge on any atom is -0.461 e. The average Bonchev–Trinajstić information content (AvgIpc) is 2.90. The van der Waals surface area contributed by atoms with E-state index in [-0.39, 0.29) is 11.6 Å². The summed E-state index contributed by atoms with van der Waals surface area (Å²) in [5.41, 5.74) is 0. The zero-order valence-corrected chi connectivity index (χ0v) is 11.6. The molecule has 0 spiro atoms. The fourth-order valence-electron chi connectivity index (χ4n) is 1.54. The van der Waals surface area contributed by atoms with Crippen LogP contribution in [0.25, 0.3) is 6.08 Å². The summed E-state index contributed by atoms with van der Waals surface area (Å²) < 4.78 is 9.88. The third kappa shape index (κ3) is 5.23. The molecular weight excluding hydrogens is 264 g/mol. The van der Waals surface area contributed by atoms with Crippen LogP contribution in [-0.2, 0) is 9.53 Å². The molecule has 20 heavy (non-hydrogen) atoms. The summed E-state index contributed by atoms with van der Waals surface area (Å²) >= 11 is 0. The molecule has 0 saturated heterocycles. The lowest BCUT2D eigenvalue weighted by Gasteiger charge is -2.16. The van der Waals surface area contributed by atoms with E-state index in [2.05, 4.69) is 4.90 Å². The molecule has 7 heteroatoms. The normalized spacial score (nSPS) is 11.2. The molecule has 0 bridgehead atoms. The van der Waals surface area contributed by atoms with Crippen molar-refractivity contribution in [2.24, 2.45) is 0 Å². The lowest BCUT2D eigenvalue weighted by atomic mass is 10.4. The highest BCUT2D eigenvalue weighted by Gasteiger charge is 2.10. The van der Waals surface area contributed by atoms with Crippen LogP contribution in [0.1, 0.15) is 19.6 Å². The first kappa shape index (κ1) is 15.9. The van der Waals surface area contributed by atoms with E-state index in [0.29, 0.717) is 13.2 Å². The van der Waals surface area contributed by atoms with Crippen molar-refractivity contribution in [2.75, 3.05) is 26.2 Å². The number of carbonyl (C=O) groups is 1. The van der Waals surface area contributed by atoms with E-state index in [1.807, 2.05) is 13.8 Å². The largest absolute Gasteiger partial charge is 0.461 e. The molecule has 0 unspecified atom stereocenters. The predicted octanol–water partition coefficient (Wildman–Crippen LogP) is 2.09. The topological polar surface area (TPSA) is 85.8 Å². The Morgan fingerprint density at radius 1 is 1.45 bits per heavy atom. The lowest BCUT2D eigenvalue weighted by molar-refractivity contribution is -0.402. The van der Waals surface area contributed by atoms with Gasteiger partial charge in [-0.2, -0.15) is 0 Å². The standard InChI is InChI=1S/C13H18N2O5/c1-3-14(4-2)9-10-19-13(16)8-6-11-5-7-12(20-11)15(17)18/h5-8H,3-4,9-10H2,1-2H3/b8-6-. The van der Waals surface area contributed by atoms with Crippen LogP contribution in [0.15, 0.2) is 22.6 Å². The molecule has 0 saturated carbocycles. The van der Waals surface area contributed by atoms with Gasteiger partial charge in [-0.05, 0) is 25.2 Å². The first-order valence-electron chi connectivity index (χ1n) is 6.38. The maximum atomic E-state index is 11.4. The van der Waals surface area contributed by atoms with Gasteiger partial charge in [0.25, 0.3) is 0 Å². The van der Waals surface area contributed by atoms with Gasteiger partial charge in [-0.3, -0.25) is 10.1 Å². The molecule has 0 aliphatic heterocycles. The SMILES string of the molecule is CCN(CC)CCOC(=O)/C=C\c1ccc([N+](=O)[O-])o1. The van der Waals surface area contributed by atoms with Gasteiger partial charge in [0.1, 0.15) is 17.3 Å². The summed E-state index contributed by atoms with van der Waals surface area (Å²) in [7, 11) is 0. The molecule has 1 aromatic heterocycles. The van der Waals surface area contributed by atoms with Crippen molar-refractivity contribution in [3.8, 4) is 0 Å². The Hall–Kier alpha value is -2.15. The molecule has 0 radical (unpaired) electrons. The predicted molar refractivity (Wildman–Crippen MR) is 73.1 cm³/mol. The highest BCUT2D eigenvalue weighted by atomic mass is 16.6. The van der Waals surface area contributed by atoms with Crippen molar-refractivity contribution in [2.45, 2.75) is 13.8 Å². The second-order valence-corrected chi connectivity index (χ2v) is 3.96. The van der Waals surface area contributed by atoms with Crippen molar-refractivity contribution in [3.63, 3.8) is 0 Å². The van der Waals surface area contributed by atoms with Crippen molar-refractivity contribution in [3.05, 3.63) is 34.1 Å². The molecule has 110 valence electrons. The van der Waals surface area contributed by atoms with E-state index in [4.69, 9.17) is 9.15 Å². The molecule has 0 aliphatic rings. The first-order valence-corrected chi connectivity index (χ1v) is 6.38. The van der Waals surface area contributed by atoms with Crippen LogP contribution in [0.3, 0.4) is 0 Å². The van der Waals surface area contributed by atoms with Crippen LogP contribution in [0.5, 0.6) is 0 Å². The molecule has 1 heterocycles. The molecular formula is C13H18N2O5. The van der Waals surface area contributed by atoms with E-state index in [1.54, 1.807) is 0 Å². The Labute approximate surface area is 117 Å². The van der Waals surface area contributed by atoms with Crippen molar-refractivity contribution in [1.82, 2.24) is 4.90 Å². The van der Waals surface area contributed by atoms with E-state index >= 15 is 0 Å². The van der Waals surface area contributed by atoms with Gasteiger partial charge < -0.3 is 14.1 Å². The monoisotopic (exact) mass is 282 g/mol. The van der Waals surface area contributed by atoms with Crippen LogP contribution in [0.4, 0.5) is 5.88 Å². The lowest BCUT2D eigenvalue weighted by Crippen LogP contribution is -2.27. The summed E-state index contributed by atoms with van der Waals surface area (Å²) in [6.45, 7) is 6.87. The van der Waals surface area contributed by atoms with Gasteiger partial charge >= 0.3 is 11.9 Å². The fraction of sp³-hybridized carbons (Fsp3) is 0.462. The minimum absolute atomic E-state index is 0.234.